The van der Waals surface area contributed by atoms with Crippen LogP contribution in [0.2, 0.25) is 0 Å². The standard InChI is InChI=1S/C15H17FN4O2/c1-2-22-15(21)14-13(17-19-18-14)11-6-5-10(9-12(11)16)20-7-3-4-8-20/h5-6,9H,2-4,7-8H2,1H3,(H,17,18,19). The molecule has 0 bridgehead atoms. The molecule has 1 fully saturated rings. The van der Waals surface area contributed by atoms with E-state index in [0.29, 0.717) is 0 Å². The molecule has 1 aromatic carbocycles. The fourth-order valence-electron chi connectivity index (χ4n) is 2.63. The number of aromatic nitrogens is 3. The number of nitrogens with zero attached hydrogens (tertiary/aromatic N) is 3. The van der Waals surface area contributed by atoms with Crippen LogP contribution in [0.4, 0.5) is 10.1 Å². The van der Waals surface area contributed by atoms with E-state index in [2.05, 4.69) is 20.3 Å². The highest BCUT2D eigenvalue weighted by molar-refractivity contribution is 5.94. The maximum atomic E-state index is 14.4. The summed E-state index contributed by atoms with van der Waals surface area (Å²) in [6, 6.07) is 4.95. The number of nitrogens with one attached hydrogen (secondary N) is 1. The van der Waals surface area contributed by atoms with Crippen LogP contribution in [0.15, 0.2) is 18.2 Å². The lowest BCUT2D eigenvalue weighted by molar-refractivity contribution is 0.0520. The van der Waals surface area contributed by atoms with E-state index in [9.17, 15) is 9.18 Å². The van der Waals surface area contributed by atoms with Crippen LogP contribution in [0.25, 0.3) is 11.3 Å². The van der Waals surface area contributed by atoms with Gasteiger partial charge in [0.25, 0.3) is 0 Å². The van der Waals surface area contributed by atoms with E-state index in [-0.39, 0.29) is 23.6 Å². The summed E-state index contributed by atoms with van der Waals surface area (Å²) in [7, 11) is 0. The first kappa shape index (κ1) is 14.5. The lowest BCUT2D eigenvalue weighted by Crippen LogP contribution is -2.17. The number of H-pyrrole nitrogens is 1. The summed E-state index contributed by atoms with van der Waals surface area (Å²) in [5.41, 5.74) is 1.25. The van der Waals surface area contributed by atoms with Gasteiger partial charge >= 0.3 is 5.97 Å². The molecule has 22 heavy (non-hydrogen) atoms. The molecule has 0 saturated carbocycles. The van der Waals surface area contributed by atoms with Crippen molar-refractivity contribution in [3.8, 4) is 11.3 Å². The van der Waals surface area contributed by atoms with Crippen LogP contribution in [-0.2, 0) is 4.74 Å². The topological polar surface area (TPSA) is 71.1 Å². The van der Waals surface area contributed by atoms with E-state index < -0.39 is 11.8 Å². The number of rotatable bonds is 4. The zero-order chi connectivity index (χ0) is 15.5. The summed E-state index contributed by atoms with van der Waals surface area (Å²) in [6.45, 7) is 3.80. The van der Waals surface area contributed by atoms with Gasteiger partial charge in [-0.2, -0.15) is 10.3 Å². The Labute approximate surface area is 127 Å². The second kappa shape index (κ2) is 6.13. The van der Waals surface area contributed by atoms with Crippen LogP contribution < -0.4 is 4.90 Å². The molecule has 0 aliphatic carbocycles. The molecule has 1 aliphatic heterocycles. The molecule has 1 N–H and O–H groups in total. The normalized spacial score (nSPS) is 14.4. The van der Waals surface area contributed by atoms with Gasteiger partial charge in [0, 0.05) is 24.3 Å². The highest BCUT2D eigenvalue weighted by Gasteiger charge is 2.22. The number of anilines is 1. The molecule has 0 spiro atoms. The Kier molecular flexibility index (Phi) is 4.04. The third-order valence-electron chi connectivity index (χ3n) is 3.70. The Balaban J connectivity index is 1.92. The predicted octanol–water partition coefficient (Wildman–Crippen LogP) is 2.39. The Morgan fingerprint density at radius 1 is 1.36 bits per heavy atom. The van der Waals surface area contributed by atoms with Gasteiger partial charge < -0.3 is 9.64 Å². The zero-order valence-electron chi connectivity index (χ0n) is 12.3. The smallest absolute Gasteiger partial charge is 0.361 e. The Morgan fingerprint density at radius 2 is 2.14 bits per heavy atom. The Hall–Kier alpha value is -2.44. The zero-order valence-corrected chi connectivity index (χ0v) is 12.3. The number of ether oxygens (including phenoxy) is 1. The van der Waals surface area contributed by atoms with Crippen LogP contribution in [0, 0.1) is 5.82 Å². The Bertz CT molecular complexity index is 680. The van der Waals surface area contributed by atoms with Crippen molar-refractivity contribution in [1.82, 2.24) is 15.4 Å². The van der Waals surface area contributed by atoms with Crippen LogP contribution in [0.3, 0.4) is 0 Å². The third-order valence-corrected chi connectivity index (χ3v) is 3.70. The molecule has 6 nitrogen and oxygen atoms in total. The third kappa shape index (κ3) is 2.66. The molecule has 1 aromatic heterocycles. The van der Waals surface area contributed by atoms with E-state index in [1.54, 1.807) is 13.0 Å². The monoisotopic (exact) mass is 304 g/mol. The lowest BCUT2D eigenvalue weighted by atomic mass is 10.1. The second-order valence-electron chi connectivity index (χ2n) is 5.10. The van der Waals surface area contributed by atoms with E-state index in [0.717, 1.165) is 31.6 Å². The molecular formula is C15H17FN4O2. The van der Waals surface area contributed by atoms with Gasteiger partial charge in [-0.1, -0.05) is 0 Å². The maximum Gasteiger partial charge on any atom is 0.361 e. The molecule has 1 saturated heterocycles. The Morgan fingerprint density at radius 3 is 2.82 bits per heavy atom. The van der Waals surface area contributed by atoms with Crippen molar-refractivity contribution in [2.75, 3.05) is 24.6 Å². The summed E-state index contributed by atoms with van der Waals surface area (Å²) in [6.07, 6.45) is 2.25. The fraction of sp³-hybridized carbons (Fsp3) is 0.400. The second-order valence-corrected chi connectivity index (χ2v) is 5.10. The van der Waals surface area contributed by atoms with Gasteiger partial charge in [-0.05, 0) is 38.0 Å². The van der Waals surface area contributed by atoms with Gasteiger partial charge in [-0.25, -0.2) is 9.18 Å². The number of carbonyl (C=O) groups excluding carboxylic acids is 1. The number of esters is 1. The number of benzene rings is 1. The van der Waals surface area contributed by atoms with Gasteiger partial charge in [0.15, 0.2) is 5.69 Å². The quantitative estimate of drug-likeness (QED) is 0.878. The first-order chi connectivity index (χ1) is 10.7. The lowest BCUT2D eigenvalue weighted by Gasteiger charge is -2.18. The summed E-state index contributed by atoms with van der Waals surface area (Å²) in [5, 5.41) is 10.0. The summed E-state index contributed by atoms with van der Waals surface area (Å²) in [5.74, 6) is -1.04. The van der Waals surface area contributed by atoms with Crippen LogP contribution in [-0.4, -0.2) is 41.1 Å². The van der Waals surface area contributed by atoms with Crippen LogP contribution in [0.1, 0.15) is 30.3 Å². The summed E-state index contributed by atoms with van der Waals surface area (Å²) >= 11 is 0. The minimum absolute atomic E-state index is 0.00493. The first-order valence-corrected chi connectivity index (χ1v) is 7.33. The van der Waals surface area contributed by atoms with Crippen LogP contribution in [0.5, 0.6) is 0 Å². The van der Waals surface area contributed by atoms with Crippen molar-refractivity contribution in [3.05, 3.63) is 29.7 Å². The van der Waals surface area contributed by atoms with Crippen molar-refractivity contribution in [2.45, 2.75) is 19.8 Å². The number of hydrogen-bond acceptors (Lipinski definition) is 5. The molecule has 7 heteroatoms. The van der Waals surface area contributed by atoms with Crippen LogP contribution >= 0.6 is 0 Å². The van der Waals surface area contributed by atoms with E-state index in [1.165, 1.54) is 6.07 Å². The molecule has 1 aliphatic rings. The van der Waals surface area contributed by atoms with Crippen molar-refractivity contribution in [3.63, 3.8) is 0 Å². The summed E-state index contributed by atoms with van der Waals surface area (Å²) in [4.78, 5) is 14.0. The van der Waals surface area contributed by atoms with Gasteiger partial charge in [0.05, 0.1) is 6.61 Å². The SMILES string of the molecule is CCOC(=O)c1n[nH]nc1-c1ccc(N2CCCC2)cc1F. The van der Waals surface area contributed by atoms with E-state index in [4.69, 9.17) is 4.74 Å². The van der Waals surface area contributed by atoms with Gasteiger partial charge in [0.2, 0.25) is 0 Å². The van der Waals surface area contributed by atoms with Crippen molar-refractivity contribution in [2.24, 2.45) is 0 Å². The average Bonchev–Trinajstić information content (AvgIpc) is 3.19. The predicted molar refractivity (Wildman–Crippen MR) is 79.2 cm³/mol. The molecule has 2 heterocycles. The number of hydrogen-bond donors (Lipinski definition) is 1. The first-order valence-electron chi connectivity index (χ1n) is 7.33. The van der Waals surface area contributed by atoms with Crippen molar-refractivity contribution >= 4 is 11.7 Å². The molecule has 0 atom stereocenters. The van der Waals surface area contributed by atoms with Gasteiger partial charge in [0.1, 0.15) is 11.5 Å². The van der Waals surface area contributed by atoms with E-state index >= 15 is 0 Å². The van der Waals surface area contributed by atoms with E-state index in [1.807, 2.05) is 6.07 Å². The molecule has 116 valence electrons. The number of aromatic amines is 1. The van der Waals surface area contributed by atoms with Gasteiger partial charge in [-0.3, -0.25) is 0 Å². The fourth-order valence-corrected chi connectivity index (χ4v) is 2.63. The van der Waals surface area contributed by atoms with Gasteiger partial charge in [-0.15, -0.1) is 5.10 Å². The average molecular weight is 304 g/mol. The summed E-state index contributed by atoms with van der Waals surface area (Å²) < 4.78 is 19.3. The number of carbonyl (C=O) groups is 1. The molecule has 0 amide bonds. The molecular weight excluding hydrogens is 287 g/mol. The minimum atomic E-state index is -0.616. The molecule has 3 rings (SSSR count). The molecule has 0 unspecified atom stereocenters. The largest absolute Gasteiger partial charge is 0.461 e. The minimum Gasteiger partial charge on any atom is -0.461 e. The highest BCUT2D eigenvalue weighted by Crippen LogP contribution is 2.28. The highest BCUT2D eigenvalue weighted by atomic mass is 19.1. The maximum absolute atomic E-state index is 14.4. The molecule has 2 aromatic rings. The van der Waals surface area contributed by atoms with Crippen molar-refractivity contribution < 1.29 is 13.9 Å². The van der Waals surface area contributed by atoms with Crippen molar-refractivity contribution in [1.29, 1.82) is 0 Å². The molecule has 0 radical (unpaired) electrons. The number of halogens is 1.